The van der Waals surface area contributed by atoms with Gasteiger partial charge in [0.05, 0.1) is 11.5 Å². The molecule has 0 bridgehead atoms. The lowest BCUT2D eigenvalue weighted by molar-refractivity contribution is -0.0347. The summed E-state index contributed by atoms with van der Waals surface area (Å²) in [5, 5.41) is 19.6. The molecule has 3 rings (SSSR count). The summed E-state index contributed by atoms with van der Waals surface area (Å²) in [6, 6.07) is 0. The van der Waals surface area contributed by atoms with Crippen molar-refractivity contribution in [3.05, 3.63) is 28.7 Å². The van der Waals surface area contributed by atoms with E-state index < -0.39 is 36.0 Å². The van der Waals surface area contributed by atoms with Crippen LogP contribution in [-0.2, 0) is 4.74 Å². The number of fused-ring (bicyclic) bond motifs is 1. The van der Waals surface area contributed by atoms with E-state index in [0.29, 0.717) is 0 Å². The number of nitrogens with zero attached hydrogens (tertiary/aromatic N) is 2. The van der Waals surface area contributed by atoms with Crippen LogP contribution < -0.4 is 5.69 Å². The van der Waals surface area contributed by atoms with Crippen LogP contribution in [0.1, 0.15) is 13.2 Å². The Balaban J connectivity index is 2.12. The minimum atomic E-state index is -1.27. The molecule has 0 aliphatic carbocycles. The average Bonchev–Trinajstić information content (AvgIpc) is 2.85. The minimum Gasteiger partial charge on any atom is -0.388 e. The SMILES string of the molecule is C[C@H]1O[C@@H](n2cc3c(F)c[nH]c3nc2=O)[C@@H](O)C1O. The largest absolute Gasteiger partial charge is 0.388 e. The fraction of sp³-hybridized carbons (Fsp3) is 0.455. The molecular weight excluding hydrogens is 257 g/mol. The molecule has 1 fully saturated rings. The van der Waals surface area contributed by atoms with Crippen LogP contribution >= 0.6 is 0 Å². The van der Waals surface area contributed by atoms with Gasteiger partial charge in [-0.1, -0.05) is 0 Å². The molecule has 1 aliphatic heterocycles. The number of aliphatic hydroxyl groups excluding tert-OH is 2. The molecule has 1 unspecified atom stereocenters. The highest BCUT2D eigenvalue weighted by atomic mass is 19.1. The van der Waals surface area contributed by atoms with Crippen LogP contribution in [0, 0.1) is 5.82 Å². The van der Waals surface area contributed by atoms with E-state index in [1.807, 2.05) is 0 Å². The fourth-order valence-corrected chi connectivity index (χ4v) is 2.20. The monoisotopic (exact) mass is 269 g/mol. The first kappa shape index (κ1) is 12.3. The molecule has 2 aromatic heterocycles. The summed E-state index contributed by atoms with van der Waals surface area (Å²) in [5.74, 6) is -0.558. The van der Waals surface area contributed by atoms with Crippen LogP contribution in [0.25, 0.3) is 11.0 Å². The Morgan fingerprint density at radius 1 is 1.47 bits per heavy atom. The molecule has 0 amide bonds. The van der Waals surface area contributed by atoms with Gasteiger partial charge in [-0.25, -0.2) is 9.18 Å². The first-order valence-corrected chi connectivity index (χ1v) is 5.76. The molecule has 2 aromatic rings. The van der Waals surface area contributed by atoms with Crippen LogP contribution in [0.15, 0.2) is 17.2 Å². The van der Waals surface area contributed by atoms with Gasteiger partial charge in [-0.15, -0.1) is 0 Å². The number of hydrogen-bond donors (Lipinski definition) is 3. The Bertz CT molecular complexity index is 682. The van der Waals surface area contributed by atoms with Gasteiger partial charge in [-0.3, -0.25) is 4.57 Å². The standard InChI is InChI=1S/C11H12FN3O4/c1-4-7(16)8(17)10(19-4)15-3-5-6(12)2-13-9(5)14-11(15)18/h2-4,7-8,10,16-17H,1H3,(H,13,14,18)/t4-,7?,8+,10-/m1/s1. The second-order valence-corrected chi connectivity index (χ2v) is 4.54. The second kappa shape index (κ2) is 4.12. The predicted molar refractivity (Wildman–Crippen MR) is 61.9 cm³/mol. The molecule has 3 N–H and O–H groups in total. The van der Waals surface area contributed by atoms with Crippen molar-refractivity contribution in [1.82, 2.24) is 14.5 Å². The van der Waals surface area contributed by atoms with Gasteiger partial charge in [0.25, 0.3) is 0 Å². The van der Waals surface area contributed by atoms with Crippen molar-refractivity contribution < 1.29 is 19.3 Å². The molecule has 19 heavy (non-hydrogen) atoms. The number of nitrogens with one attached hydrogen (secondary N) is 1. The highest BCUT2D eigenvalue weighted by Crippen LogP contribution is 2.28. The Morgan fingerprint density at radius 3 is 2.84 bits per heavy atom. The number of hydrogen-bond acceptors (Lipinski definition) is 5. The number of halogens is 1. The summed E-state index contributed by atoms with van der Waals surface area (Å²) < 4.78 is 19.7. The van der Waals surface area contributed by atoms with Crippen molar-refractivity contribution in [2.75, 3.05) is 0 Å². The topological polar surface area (TPSA) is 100 Å². The van der Waals surface area contributed by atoms with Gasteiger partial charge in [0, 0.05) is 12.4 Å². The maximum Gasteiger partial charge on any atom is 0.351 e. The van der Waals surface area contributed by atoms with Crippen molar-refractivity contribution >= 4 is 11.0 Å². The number of aromatic nitrogens is 3. The van der Waals surface area contributed by atoms with E-state index >= 15 is 0 Å². The molecule has 0 radical (unpaired) electrons. The normalized spacial score (nSPS) is 31.2. The molecule has 1 saturated heterocycles. The van der Waals surface area contributed by atoms with Crippen molar-refractivity contribution in [2.45, 2.75) is 31.5 Å². The lowest BCUT2D eigenvalue weighted by Gasteiger charge is -2.16. The van der Waals surface area contributed by atoms with Crippen molar-refractivity contribution in [1.29, 1.82) is 0 Å². The summed E-state index contributed by atoms with van der Waals surface area (Å²) in [4.78, 5) is 18.0. The Hall–Kier alpha value is -1.77. The van der Waals surface area contributed by atoms with Crippen LogP contribution in [-0.4, -0.2) is 43.1 Å². The van der Waals surface area contributed by atoms with E-state index in [9.17, 15) is 19.4 Å². The Kier molecular flexibility index (Phi) is 2.66. The molecule has 1 aliphatic rings. The number of H-pyrrole nitrogens is 1. The third-order valence-electron chi connectivity index (χ3n) is 3.30. The third kappa shape index (κ3) is 1.76. The summed E-state index contributed by atoms with van der Waals surface area (Å²) in [6.07, 6.45) is -1.78. The van der Waals surface area contributed by atoms with Gasteiger partial charge in [0.15, 0.2) is 12.0 Å². The van der Waals surface area contributed by atoms with Gasteiger partial charge >= 0.3 is 5.69 Å². The van der Waals surface area contributed by atoms with E-state index in [-0.39, 0.29) is 11.0 Å². The number of rotatable bonds is 1. The number of aliphatic hydroxyl groups is 2. The first-order valence-electron chi connectivity index (χ1n) is 5.76. The molecule has 7 nitrogen and oxygen atoms in total. The van der Waals surface area contributed by atoms with Crippen molar-refractivity contribution in [2.24, 2.45) is 0 Å². The molecule has 0 aromatic carbocycles. The minimum absolute atomic E-state index is 0.115. The third-order valence-corrected chi connectivity index (χ3v) is 3.30. The van der Waals surface area contributed by atoms with Crippen LogP contribution in [0.2, 0.25) is 0 Å². The van der Waals surface area contributed by atoms with E-state index in [1.54, 1.807) is 6.92 Å². The zero-order valence-electron chi connectivity index (χ0n) is 9.95. The average molecular weight is 269 g/mol. The maximum absolute atomic E-state index is 13.5. The molecule has 8 heteroatoms. The number of aromatic amines is 1. The quantitative estimate of drug-likeness (QED) is 0.648. The zero-order valence-corrected chi connectivity index (χ0v) is 9.95. The maximum atomic E-state index is 13.5. The Labute approximate surface area is 106 Å². The highest BCUT2D eigenvalue weighted by molar-refractivity contribution is 5.74. The van der Waals surface area contributed by atoms with Crippen molar-refractivity contribution in [3.8, 4) is 0 Å². The molecular formula is C11H12FN3O4. The van der Waals surface area contributed by atoms with Gasteiger partial charge < -0.3 is 19.9 Å². The lowest BCUT2D eigenvalue weighted by atomic mass is 10.1. The van der Waals surface area contributed by atoms with E-state index in [4.69, 9.17) is 4.74 Å². The summed E-state index contributed by atoms with van der Waals surface area (Å²) in [6.45, 7) is 1.57. The van der Waals surface area contributed by atoms with Crippen molar-refractivity contribution in [3.63, 3.8) is 0 Å². The molecule has 102 valence electrons. The lowest BCUT2D eigenvalue weighted by Crippen LogP contribution is -2.35. The second-order valence-electron chi connectivity index (χ2n) is 4.54. The Morgan fingerprint density at radius 2 is 2.21 bits per heavy atom. The highest BCUT2D eigenvalue weighted by Gasteiger charge is 2.41. The van der Waals surface area contributed by atoms with Gasteiger partial charge in [0.1, 0.15) is 17.9 Å². The summed E-state index contributed by atoms with van der Waals surface area (Å²) >= 11 is 0. The fourth-order valence-electron chi connectivity index (χ4n) is 2.20. The van der Waals surface area contributed by atoms with Crippen LogP contribution in [0.5, 0.6) is 0 Å². The first-order chi connectivity index (χ1) is 8.99. The van der Waals surface area contributed by atoms with Crippen LogP contribution in [0.4, 0.5) is 4.39 Å². The summed E-state index contributed by atoms with van der Waals surface area (Å²) in [5.41, 5.74) is -0.570. The van der Waals surface area contributed by atoms with E-state index in [2.05, 4.69) is 9.97 Å². The zero-order chi connectivity index (χ0) is 13.7. The van der Waals surface area contributed by atoms with Crippen LogP contribution in [0.3, 0.4) is 0 Å². The van der Waals surface area contributed by atoms with E-state index in [0.717, 1.165) is 10.8 Å². The van der Waals surface area contributed by atoms with Gasteiger partial charge in [0.2, 0.25) is 0 Å². The predicted octanol–water partition coefficient (Wildman–Crippen LogP) is -0.497. The molecule has 0 saturated carbocycles. The van der Waals surface area contributed by atoms with Gasteiger partial charge in [-0.2, -0.15) is 4.98 Å². The molecule has 3 heterocycles. The summed E-state index contributed by atoms with van der Waals surface area (Å²) in [7, 11) is 0. The van der Waals surface area contributed by atoms with E-state index in [1.165, 1.54) is 6.20 Å². The number of ether oxygens (including phenoxy) is 1. The molecule has 4 atom stereocenters. The smallest absolute Gasteiger partial charge is 0.351 e. The molecule has 0 spiro atoms. The van der Waals surface area contributed by atoms with Gasteiger partial charge in [-0.05, 0) is 6.92 Å².